The molecule has 1 saturated heterocycles. The smallest absolute Gasteiger partial charge is 0.288 e. The predicted molar refractivity (Wildman–Crippen MR) is 102 cm³/mol. The van der Waals surface area contributed by atoms with E-state index < -0.39 is 5.76 Å². The van der Waals surface area contributed by atoms with Crippen molar-refractivity contribution in [2.24, 2.45) is 0 Å². The van der Waals surface area contributed by atoms with Crippen LogP contribution in [0.4, 0.5) is 20.3 Å². The third-order valence-electron chi connectivity index (χ3n) is 4.79. The van der Waals surface area contributed by atoms with Gasteiger partial charge in [0.05, 0.1) is 6.20 Å². The molecule has 3 rings (SSSR count). The van der Waals surface area contributed by atoms with E-state index in [0.717, 1.165) is 32.0 Å². The number of anilines is 2. The fourth-order valence-corrected chi connectivity index (χ4v) is 3.70. The molecule has 144 valence electrons. The molecule has 1 aliphatic heterocycles. The normalized spacial score (nSPS) is 16.4. The Bertz CT molecular complexity index is 737. The molecule has 0 unspecified atom stereocenters. The first-order valence-corrected chi connectivity index (χ1v) is 9.83. The van der Waals surface area contributed by atoms with Crippen molar-refractivity contribution < 1.29 is 23.5 Å². The number of hydrogen-bond donors (Lipinski definition) is 2. The summed E-state index contributed by atoms with van der Waals surface area (Å²) in [4.78, 5) is 19.8. The second-order valence-corrected chi connectivity index (χ2v) is 7.57. The molecule has 2 aromatic rings. The highest BCUT2D eigenvalue weighted by molar-refractivity contribution is 7.99. The van der Waals surface area contributed by atoms with Crippen molar-refractivity contribution in [2.45, 2.75) is 23.6 Å². The SMILES string of the molecule is C[C@@H](C(=O)Nc1ccc(SC(F)F)cc1)[NH+]1CCN(c2cccc[nH+]2)CC1. The van der Waals surface area contributed by atoms with Crippen molar-refractivity contribution in [1.29, 1.82) is 0 Å². The molecule has 2 heterocycles. The molecule has 1 amide bonds. The number of H-pyrrole nitrogens is 1. The standard InChI is InChI=1S/C19H22F2N4OS/c1-14(18(26)23-15-5-7-16(8-6-15)27-19(20)21)24-10-12-25(13-11-24)17-4-2-3-9-22-17/h2-9,14,19H,10-13H2,1H3,(H,23,26)/p+2/t14-/m0/s1. The Hall–Kier alpha value is -2.19. The highest BCUT2D eigenvalue weighted by Crippen LogP contribution is 2.26. The topological polar surface area (TPSA) is 50.9 Å². The van der Waals surface area contributed by atoms with E-state index in [1.165, 1.54) is 4.90 Å². The van der Waals surface area contributed by atoms with Crippen molar-refractivity contribution in [2.75, 3.05) is 36.4 Å². The fraction of sp³-hybridized carbons (Fsp3) is 0.368. The third kappa shape index (κ3) is 5.40. The lowest BCUT2D eigenvalue weighted by Gasteiger charge is -2.31. The zero-order chi connectivity index (χ0) is 19.2. The first-order chi connectivity index (χ1) is 13.0. The van der Waals surface area contributed by atoms with Crippen LogP contribution in [0.2, 0.25) is 0 Å². The maximum absolute atomic E-state index is 12.5. The van der Waals surface area contributed by atoms with Crippen LogP contribution in [0.5, 0.6) is 0 Å². The highest BCUT2D eigenvalue weighted by atomic mass is 32.2. The number of halogens is 2. The number of thioether (sulfide) groups is 1. The molecule has 5 nitrogen and oxygen atoms in total. The largest absolute Gasteiger partial charge is 0.321 e. The summed E-state index contributed by atoms with van der Waals surface area (Å²) in [5.74, 6) is -1.41. The minimum Gasteiger partial charge on any atom is -0.321 e. The summed E-state index contributed by atoms with van der Waals surface area (Å²) in [5.41, 5.74) is 0.627. The maximum Gasteiger partial charge on any atom is 0.288 e. The van der Waals surface area contributed by atoms with Gasteiger partial charge < -0.3 is 10.2 Å². The molecule has 0 spiro atoms. The average molecular weight is 394 g/mol. The van der Waals surface area contributed by atoms with Gasteiger partial charge in [-0.2, -0.15) is 8.78 Å². The molecule has 1 aliphatic rings. The average Bonchev–Trinajstić information content (AvgIpc) is 2.69. The van der Waals surface area contributed by atoms with Crippen molar-refractivity contribution in [1.82, 2.24) is 0 Å². The second-order valence-electron chi connectivity index (χ2n) is 6.51. The van der Waals surface area contributed by atoms with E-state index in [0.29, 0.717) is 22.3 Å². The summed E-state index contributed by atoms with van der Waals surface area (Å²) in [6.07, 6.45) is 1.91. The van der Waals surface area contributed by atoms with Crippen molar-refractivity contribution in [3.05, 3.63) is 48.7 Å². The molecule has 0 radical (unpaired) electrons. The second kappa shape index (κ2) is 9.14. The molecule has 1 atom stereocenters. The highest BCUT2D eigenvalue weighted by Gasteiger charge is 2.32. The van der Waals surface area contributed by atoms with Crippen LogP contribution in [-0.2, 0) is 4.79 Å². The Morgan fingerprint density at radius 2 is 1.89 bits per heavy atom. The molecule has 8 heteroatoms. The molecule has 1 fully saturated rings. The molecular formula is C19H24F2N4OS+2. The quantitative estimate of drug-likeness (QED) is 0.731. The number of rotatable bonds is 6. The van der Waals surface area contributed by atoms with Crippen LogP contribution in [0, 0.1) is 0 Å². The van der Waals surface area contributed by atoms with Gasteiger partial charge in [0.25, 0.3) is 17.5 Å². The van der Waals surface area contributed by atoms with Crippen LogP contribution < -0.4 is 20.1 Å². The van der Waals surface area contributed by atoms with Gasteiger partial charge in [0.15, 0.2) is 6.04 Å². The van der Waals surface area contributed by atoms with E-state index in [2.05, 4.69) is 21.3 Å². The minimum atomic E-state index is -2.44. The number of aromatic amines is 1. The van der Waals surface area contributed by atoms with Crippen LogP contribution in [0.15, 0.2) is 53.6 Å². The summed E-state index contributed by atoms with van der Waals surface area (Å²) >= 11 is 0.496. The number of alkyl halides is 2. The van der Waals surface area contributed by atoms with Gasteiger partial charge in [-0.25, -0.2) is 4.98 Å². The van der Waals surface area contributed by atoms with E-state index >= 15 is 0 Å². The van der Waals surface area contributed by atoms with Crippen LogP contribution in [0.25, 0.3) is 0 Å². The lowest BCUT2D eigenvalue weighted by atomic mass is 10.2. The van der Waals surface area contributed by atoms with Crippen LogP contribution in [0.3, 0.4) is 0 Å². The van der Waals surface area contributed by atoms with Crippen LogP contribution in [-0.4, -0.2) is 43.9 Å². The van der Waals surface area contributed by atoms with E-state index in [1.807, 2.05) is 25.3 Å². The number of carbonyl (C=O) groups is 1. The van der Waals surface area contributed by atoms with E-state index in [1.54, 1.807) is 24.3 Å². The summed E-state index contributed by atoms with van der Waals surface area (Å²) < 4.78 is 24.7. The summed E-state index contributed by atoms with van der Waals surface area (Å²) in [6, 6.07) is 12.3. The first kappa shape index (κ1) is 19.6. The molecule has 1 aromatic heterocycles. The van der Waals surface area contributed by atoms with E-state index in [4.69, 9.17) is 0 Å². The Morgan fingerprint density at radius 3 is 2.48 bits per heavy atom. The number of piperazine rings is 1. The number of benzene rings is 1. The number of amides is 1. The maximum atomic E-state index is 12.5. The lowest BCUT2D eigenvalue weighted by Crippen LogP contribution is -3.19. The van der Waals surface area contributed by atoms with Gasteiger partial charge in [0.1, 0.15) is 26.2 Å². The van der Waals surface area contributed by atoms with Crippen LogP contribution in [0.1, 0.15) is 6.92 Å². The van der Waals surface area contributed by atoms with Crippen molar-refractivity contribution in [3.63, 3.8) is 0 Å². The monoisotopic (exact) mass is 394 g/mol. The molecule has 0 bridgehead atoms. The predicted octanol–water partition coefficient (Wildman–Crippen LogP) is 1.55. The fourth-order valence-electron chi connectivity index (χ4n) is 3.20. The minimum absolute atomic E-state index is 0.0565. The summed E-state index contributed by atoms with van der Waals surface area (Å²) in [7, 11) is 0. The van der Waals surface area contributed by atoms with Crippen LogP contribution >= 0.6 is 11.8 Å². The van der Waals surface area contributed by atoms with Gasteiger partial charge in [0.2, 0.25) is 0 Å². The number of nitrogens with one attached hydrogen (secondary N) is 3. The molecule has 0 aliphatic carbocycles. The molecule has 3 N–H and O–H groups in total. The summed E-state index contributed by atoms with van der Waals surface area (Å²) in [6.45, 7) is 5.44. The van der Waals surface area contributed by atoms with Gasteiger partial charge in [0, 0.05) is 16.6 Å². The number of quaternary nitrogens is 1. The molecule has 1 aromatic carbocycles. The Kier molecular flexibility index (Phi) is 6.63. The lowest BCUT2D eigenvalue weighted by molar-refractivity contribution is -0.914. The van der Waals surface area contributed by atoms with Gasteiger partial charge in [-0.3, -0.25) is 9.69 Å². The van der Waals surface area contributed by atoms with Crippen molar-refractivity contribution >= 4 is 29.2 Å². The summed E-state index contributed by atoms with van der Waals surface area (Å²) in [5, 5.41) is 2.89. The number of aromatic nitrogens is 1. The third-order valence-corrected chi connectivity index (χ3v) is 5.51. The Balaban J connectivity index is 1.50. The van der Waals surface area contributed by atoms with Gasteiger partial charge in [-0.1, -0.05) is 17.8 Å². The van der Waals surface area contributed by atoms with E-state index in [9.17, 15) is 13.6 Å². The Labute approximate surface area is 161 Å². The zero-order valence-corrected chi connectivity index (χ0v) is 15.9. The van der Waals surface area contributed by atoms with Gasteiger partial charge >= 0.3 is 0 Å². The van der Waals surface area contributed by atoms with Gasteiger partial charge in [-0.05, 0) is 37.3 Å². The first-order valence-electron chi connectivity index (χ1n) is 8.95. The molecule has 0 saturated carbocycles. The Morgan fingerprint density at radius 1 is 1.19 bits per heavy atom. The number of nitrogens with zero attached hydrogens (tertiary/aromatic N) is 1. The number of carbonyl (C=O) groups excluding carboxylic acids is 1. The molecule has 27 heavy (non-hydrogen) atoms. The van der Waals surface area contributed by atoms with E-state index in [-0.39, 0.29) is 11.9 Å². The number of hydrogen-bond acceptors (Lipinski definition) is 3. The van der Waals surface area contributed by atoms with Crippen molar-refractivity contribution in [3.8, 4) is 0 Å². The molecular weight excluding hydrogens is 370 g/mol. The van der Waals surface area contributed by atoms with Gasteiger partial charge in [-0.15, -0.1) is 0 Å². The number of pyridine rings is 1. The zero-order valence-electron chi connectivity index (χ0n) is 15.1.